The number of fused-ring (bicyclic) bond motifs is 1. The van der Waals surface area contributed by atoms with Gasteiger partial charge < -0.3 is 0 Å². The minimum atomic E-state index is -0.249. The van der Waals surface area contributed by atoms with Crippen LogP contribution in [0.5, 0.6) is 0 Å². The van der Waals surface area contributed by atoms with Crippen LogP contribution in [0.4, 0.5) is 0 Å². The molecular formula is C26H25N3OS. The van der Waals surface area contributed by atoms with Crippen LogP contribution in [0.25, 0.3) is 22.2 Å². The molecule has 0 saturated heterocycles. The maximum absolute atomic E-state index is 13.0. The van der Waals surface area contributed by atoms with E-state index < -0.39 is 0 Å². The normalized spacial score (nSPS) is 12.4. The number of carbonyl (C=O) groups excluding carboxylic acids is 1. The largest absolute Gasteiger partial charge is 0.272 e. The predicted octanol–water partition coefficient (Wildman–Crippen LogP) is 6.55. The second-order valence-electron chi connectivity index (χ2n) is 7.67. The lowest BCUT2D eigenvalue weighted by Crippen LogP contribution is -2.18. The third-order valence-corrected chi connectivity index (χ3v) is 6.55. The summed E-state index contributed by atoms with van der Waals surface area (Å²) >= 11 is 1.59. The van der Waals surface area contributed by atoms with Crippen molar-refractivity contribution in [1.82, 2.24) is 10.4 Å². The van der Waals surface area contributed by atoms with E-state index in [1.807, 2.05) is 48.7 Å². The number of carbonyl (C=O) groups is 1. The number of amides is 1. The summed E-state index contributed by atoms with van der Waals surface area (Å²) in [5, 5.41) is 6.98. The van der Waals surface area contributed by atoms with Gasteiger partial charge in [-0.3, -0.25) is 4.79 Å². The Morgan fingerprint density at radius 3 is 2.65 bits per heavy atom. The number of hydrogen-bond acceptors (Lipinski definition) is 4. The number of hydrogen-bond donors (Lipinski definition) is 1. The van der Waals surface area contributed by atoms with Gasteiger partial charge in [-0.05, 0) is 54.0 Å². The van der Waals surface area contributed by atoms with Crippen LogP contribution in [0, 0.1) is 6.92 Å². The van der Waals surface area contributed by atoms with Crippen molar-refractivity contribution in [3.63, 3.8) is 0 Å². The quantitative estimate of drug-likeness (QED) is 0.280. The second-order valence-corrected chi connectivity index (χ2v) is 8.62. The van der Waals surface area contributed by atoms with Crippen molar-refractivity contribution in [2.45, 2.75) is 33.1 Å². The first-order valence-corrected chi connectivity index (χ1v) is 11.3. The predicted molar refractivity (Wildman–Crippen MR) is 130 cm³/mol. The zero-order chi connectivity index (χ0) is 21.8. The van der Waals surface area contributed by atoms with Gasteiger partial charge in [-0.1, -0.05) is 56.3 Å². The number of aromatic nitrogens is 1. The van der Waals surface area contributed by atoms with E-state index in [-0.39, 0.29) is 5.91 Å². The van der Waals surface area contributed by atoms with Gasteiger partial charge in [-0.25, -0.2) is 10.4 Å². The molecule has 1 atom stereocenters. The van der Waals surface area contributed by atoms with E-state index in [1.54, 1.807) is 17.6 Å². The number of hydrazone groups is 1. The van der Waals surface area contributed by atoms with Crippen LogP contribution in [0.2, 0.25) is 0 Å². The van der Waals surface area contributed by atoms with Gasteiger partial charge in [0.05, 0.1) is 23.0 Å². The van der Waals surface area contributed by atoms with Crippen LogP contribution in [0.3, 0.4) is 0 Å². The van der Waals surface area contributed by atoms with Gasteiger partial charge in [0.1, 0.15) is 0 Å². The molecule has 0 aliphatic rings. The third kappa shape index (κ3) is 4.57. The molecule has 2 aromatic carbocycles. The lowest BCUT2D eigenvalue weighted by molar-refractivity contribution is 0.0956. The van der Waals surface area contributed by atoms with Crippen molar-refractivity contribution in [3.8, 4) is 11.3 Å². The molecule has 2 aromatic heterocycles. The van der Waals surface area contributed by atoms with E-state index in [9.17, 15) is 4.79 Å². The van der Waals surface area contributed by atoms with Gasteiger partial charge in [0.25, 0.3) is 5.91 Å². The van der Waals surface area contributed by atoms with Crippen molar-refractivity contribution in [1.29, 1.82) is 0 Å². The summed E-state index contributed by atoms with van der Waals surface area (Å²) < 4.78 is 0. The van der Waals surface area contributed by atoms with Gasteiger partial charge in [-0.2, -0.15) is 5.10 Å². The lowest BCUT2D eigenvalue weighted by atomic mass is 9.96. The zero-order valence-corrected chi connectivity index (χ0v) is 18.7. The number of para-hydroxylation sites is 1. The summed E-state index contributed by atoms with van der Waals surface area (Å²) in [6.07, 6.45) is 2.79. The SMILES string of the molecule is CC[C@@H](C)c1ccc(-c2cc(C(=O)N/N=C\c3sccc3C)c3ccccc3n2)cc1. The van der Waals surface area contributed by atoms with Crippen LogP contribution in [0.15, 0.2) is 71.1 Å². The Labute approximate surface area is 186 Å². The number of aryl methyl sites for hydroxylation is 1. The van der Waals surface area contributed by atoms with Crippen LogP contribution >= 0.6 is 11.3 Å². The van der Waals surface area contributed by atoms with E-state index in [4.69, 9.17) is 4.98 Å². The highest BCUT2D eigenvalue weighted by atomic mass is 32.1. The molecule has 0 bridgehead atoms. The molecule has 0 aliphatic carbocycles. The highest BCUT2D eigenvalue weighted by Crippen LogP contribution is 2.27. The maximum Gasteiger partial charge on any atom is 0.272 e. The molecule has 0 spiro atoms. The number of rotatable bonds is 6. The molecule has 2 heterocycles. The molecule has 4 aromatic rings. The molecule has 0 saturated carbocycles. The molecule has 0 aliphatic heterocycles. The van der Waals surface area contributed by atoms with Crippen LogP contribution in [0.1, 0.15) is 52.5 Å². The number of nitrogens with one attached hydrogen (secondary N) is 1. The molecule has 4 rings (SSSR count). The third-order valence-electron chi connectivity index (χ3n) is 5.60. The number of pyridine rings is 1. The summed E-state index contributed by atoms with van der Waals surface area (Å²) in [5.74, 6) is 0.270. The van der Waals surface area contributed by atoms with Crippen molar-refractivity contribution >= 4 is 34.4 Å². The molecule has 1 N–H and O–H groups in total. The summed E-state index contributed by atoms with van der Waals surface area (Å²) in [6.45, 7) is 6.44. The fraction of sp³-hybridized carbons (Fsp3) is 0.192. The molecule has 31 heavy (non-hydrogen) atoms. The van der Waals surface area contributed by atoms with Crippen molar-refractivity contribution in [3.05, 3.63) is 87.6 Å². The standard InChI is InChI=1S/C26H25N3OS/c1-4-17(2)19-9-11-20(12-10-19)24-15-22(21-7-5-6-8-23(21)28-24)26(30)29-27-16-25-18(3)13-14-31-25/h5-17H,4H2,1-3H3,(H,29,30)/b27-16-/t17-/m1/s1. The topological polar surface area (TPSA) is 54.4 Å². The monoisotopic (exact) mass is 427 g/mol. The van der Waals surface area contributed by atoms with Gasteiger partial charge in [0, 0.05) is 15.8 Å². The Morgan fingerprint density at radius 2 is 1.94 bits per heavy atom. The van der Waals surface area contributed by atoms with E-state index in [1.165, 1.54) is 5.56 Å². The Kier molecular flexibility index (Phi) is 6.23. The van der Waals surface area contributed by atoms with Gasteiger partial charge in [0.2, 0.25) is 0 Å². The molecule has 0 radical (unpaired) electrons. The molecule has 0 unspecified atom stereocenters. The summed E-state index contributed by atoms with van der Waals surface area (Å²) in [7, 11) is 0. The Morgan fingerprint density at radius 1 is 1.16 bits per heavy atom. The summed E-state index contributed by atoms with van der Waals surface area (Å²) in [6, 6.07) is 20.0. The van der Waals surface area contributed by atoms with Crippen molar-refractivity contribution < 1.29 is 4.79 Å². The Balaban J connectivity index is 1.67. The molecule has 5 heteroatoms. The molecular weight excluding hydrogens is 402 g/mol. The molecule has 156 valence electrons. The molecule has 1 amide bonds. The van der Waals surface area contributed by atoms with Gasteiger partial charge in [0.15, 0.2) is 0 Å². The minimum absolute atomic E-state index is 0.249. The van der Waals surface area contributed by atoms with E-state index >= 15 is 0 Å². The minimum Gasteiger partial charge on any atom is -0.267 e. The van der Waals surface area contributed by atoms with Gasteiger partial charge in [-0.15, -0.1) is 11.3 Å². The highest BCUT2D eigenvalue weighted by molar-refractivity contribution is 7.11. The van der Waals surface area contributed by atoms with E-state index in [2.05, 4.69) is 48.6 Å². The zero-order valence-electron chi connectivity index (χ0n) is 17.9. The second kappa shape index (κ2) is 9.23. The first-order chi connectivity index (χ1) is 15.1. The first-order valence-electron chi connectivity index (χ1n) is 10.4. The van der Waals surface area contributed by atoms with Crippen molar-refractivity contribution in [2.24, 2.45) is 5.10 Å². The highest BCUT2D eigenvalue weighted by Gasteiger charge is 2.14. The Bertz CT molecular complexity index is 1240. The first kappa shape index (κ1) is 20.9. The maximum atomic E-state index is 13.0. The smallest absolute Gasteiger partial charge is 0.267 e. The van der Waals surface area contributed by atoms with Gasteiger partial charge >= 0.3 is 0 Å². The fourth-order valence-corrected chi connectivity index (χ4v) is 4.24. The summed E-state index contributed by atoms with van der Waals surface area (Å²) in [5.41, 5.74) is 8.24. The molecule has 4 nitrogen and oxygen atoms in total. The van der Waals surface area contributed by atoms with Crippen LogP contribution in [-0.2, 0) is 0 Å². The average Bonchev–Trinajstić information content (AvgIpc) is 3.22. The fourth-order valence-electron chi connectivity index (χ4n) is 3.46. The van der Waals surface area contributed by atoms with Crippen molar-refractivity contribution in [2.75, 3.05) is 0 Å². The molecule has 0 fully saturated rings. The average molecular weight is 428 g/mol. The van der Waals surface area contributed by atoms with Crippen LogP contribution in [-0.4, -0.2) is 17.1 Å². The summed E-state index contributed by atoms with van der Waals surface area (Å²) in [4.78, 5) is 18.8. The number of benzene rings is 2. The Hall–Kier alpha value is -3.31. The van der Waals surface area contributed by atoms with Crippen LogP contribution < -0.4 is 5.43 Å². The van der Waals surface area contributed by atoms with E-state index in [0.717, 1.165) is 39.0 Å². The van der Waals surface area contributed by atoms with E-state index in [0.29, 0.717) is 11.5 Å². The lowest BCUT2D eigenvalue weighted by Gasteiger charge is -2.11. The number of thiophene rings is 1. The number of nitrogens with zero attached hydrogens (tertiary/aromatic N) is 2.